The Morgan fingerprint density at radius 2 is 2.00 bits per heavy atom. The van der Waals surface area contributed by atoms with Crippen molar-refractivity contribution < 1.29 is 4.52 Å². The molecule has 0 aliphatic rings. The van der Waals surface area contributed by atoms with E-state index in [4.69, 9.17) is 4.52 Å². The van der Waals surface area contributed by atoms with E-state index in [1.165, 1.54) is 11.3 Å². The maximum Gasteiger partial charge on any atom is 0.186 e. The molecule has 0 fully saturated rings. The largest absolute Gasteiger partial charge is 0.354 e. The average molecular weight is 227 g/mol. The van der Waals surface area contributed by atoms with Crippen LogP contribution in [0.1, 0.15) is 0 Å². The van der Waals surface area contributed by atoms with Crippen LogP contribution in [0.4, 0.5) is 0 Å². The maximum absolute atomic E-state index is 5.24. The van der Waals surface area contributed by atoms with Crippen LogP contribution in [0.15, 0.2) is 46.3 Å². The molecule has 77 valence electrons. The van der Waals surface area contributed by atoms with Crippen molar-refractivity contribution in [3.63, 3.8) is 0 Å². The Morgan fingerprint density at radius 3 is 2.75 bits per heavy atom. The minimum Gasteiger partial charge on any atom is -0.354 e. The molecule has 0 saturated heterocycles. The Bertz CT molecular complexity index is 572. The van der Waals surface area contributed by atoms with Gasteiger partial charge in [-0.1, -0.05) is 35.5 Å². The van der Waals surface area contributed by atoms with Gasteiger partial charge in [-0.2, -0.15) is 0 Å². The molecule has 0 saturated carbocycles. The zero-order valence-electron chi connectivity index (χ0n) is 8.25. The van der Waals surface area contributed by atoms with Gasteiger partial charge in [0, 0.05) is 17.0 Å². The molecule has 1 radical (unpaired) electrons. The Balaban J connectivity index is 2.00. The number of aromatic nitrogens is 2. The normalized spacial score (nSPS) is 10.5. The number of nitrogens with zero attached hydrogens (tertiary/aromatic N) is 2. The molecule has 0 bridgehead atoms. The molecule has 0 N–H and O–H groups in total. The summed E-state index contributed by atoms with van der Waals surface area (Å²) in [5, 5.41) is 5.90. The van der Waals surface area contributed by atoms with Crippen LogP contribution in [0.5, 0.6) is 0 Å². The number of thiazole rings is 1. The second kappa shape index (κ2) is 3.90. The van der Waals surface area contributed by atoms with Crippen LogP contribution < -0.4 is 0 Å². The Hall–Kier alpha value is -1.94. The monoisotopic (exact) mass is 227 g/mol. The SMILES string of the molecule is [c]1nc(-c2cc(-c3ccccc3)no2)cs1. The summed E-state index contributed by atoms with van der Waals surface area (Å²) in [6, 6.07) is 11.8. The fourth-order valence-corrected chi connectivity index (χ4v) is 1.92. The molecule has 0 aliphatic heterocycles. The zero-order valence-corrected chi connectivity index (χ0v) is 9.07. The van der Waals surface area contributed by atoms with Crippen molar-refractivity contribution in [2.75, 3.05) is 0 Å². The minimum absolute atomic E-state index is 0.677. The lowest BCUT2D eigenvalue weighted by molar-refractivity contribution is 0.434. The molecule has 16 heavy (non-hydrogen) atoms. The molecule has 3 nitrogen and oxygen atoms in total. The van der Waals surface area contributed by atoms with Crippen molar-refractivity contribution in [2.45, 2.75) is 0 Å². The summed E-state index contributed by atoms with van der Waals surface area (Å²) < 4.78 is 5.24. The van der Waals surface area contributed by atoms with Crippen LogP contribution in [0, 0.1) is 5.51 Å². The second-order valence-corrected chi connectivity index (χ2v) is 3.92. The highest BCUT2D eigenvalue weighted by Crippen LogP contribution is 2.25. The van der Waals surface area contributed by atoms with Crippen LogP contribution in [0.25, 0.3) is 22.7 Å². The van der Waals surface area contributed by atoms with Crippen molar-refractivity contribution in [2.24, 2.45) is 0 Å². The van der Waals surface area contributed by atoms with Crippen molar-refractivity contribution in [1.82, 2.24) is 10.1 Å². The molecular weight excluding hydrogens is 220 g/mol. The third-order valence-electron chi connectivity index (χ3n) is 2.22. The first-order valence-electron chi connectivity index (χ1n) is 4.77. The van der Waals surface area contributed by atoms with Crippen LogP contribution in [-0.4, -0.2) is 10.1 Å². The number of hydrogen-bond acceptors (Lipinski definition) is 4. The van der Waals surface area contributed by atoms with E-state index in [0.717, 1.165) is 17.0 Å². The van der Waals surface area contributed by atoms with E-state index in [1.807, 2.05) is 41.8 Å². The number of benzene rings is 1. The third-order valence-corrected chi connectivity index (χ3v) is 2.76. The van der Waals surface area contributed by atoms with Crippen molar-refractivity contribution in [3.8, 4) is 22.7 Å². The third kappa shape index (κ3) is 1.63. The van der Waals surface area contributed by atoms with Gasteiger partial charge in [0.25, 0.3) is 0 Å². The molecule has 0 unspecified atom stereocenters. The lowest BCUT2D eigenvalue weighted by atomic mass is 10.1. The van der Waals surface area contributed by atoms with E-state index in [1.54, 1.807) is 0 Å². The Labute approximate surface area is 96.4 Å². The first-order valence-corrected chi connectivity index (χ1v) is 5.65. The zero-order chi connectivity index (χ0) is 10.8. The summed E-state index contributed by atoms with van der Waals surface area (Å²) in [5.74, 6) is 0.677. The molecule has 0 amide bonds. The summed E-state index contributed by atoms with van der Waals surface area (Å²) in [6.07, 6.45) is 0. The lowest BCUT2D eigenvalue weighted by Gasteiger charge is -1.91. The maximum atomic E-state index is 5.24. The Kier molecular flexibility index (Phi) is 2.27. The van der Waals surface area contributed by atoms with Crippen LogP contribution >= 0.6 is 11.3 Å². The van der Waals surface area contributed by atoms with Gasteiger partial charge in [-0.3, -0.25) is 0 Å². The summed E-state index contributed by atoms with van der Waals surface area (Å²) >= 11 is 1.42. The molecule has 0 atom stereocenters. The molecular formula is C12H7N2OS. The van der Waals surface area contributed by atoms with Gasteiger partial charge in [0.15, 0.2) is 11.3 Å². The van der Waals surface area contributed by atoms with E-state index in [2.05, 4.69) is 15.7 Å². The smallest absolute Gasteiger partial charge is 0.186 e. The molecule has 0 spiro atoms. The molecule has 3 rings (SSSR count). The van der Waals surface area contributed by atoms with E-state index in [0.29, 0.717) is 5.76 Å². The summed E-state index contributed by atoms with van der Waals surface area (Å²) in [4.78, 5) is 4.05. The summed E-state index contributed by atoms with van der Waals surface area (Å²) in [5.41, 5.74) is 5.42. The van der Waals surface area contributed by atoms with E-state index >= 15 is 0 Å². The van der Waals surface area contributed by atoms with Gasteiger partial charge in [0.05, 0.1) is 0 Å². The standard InChI is InChI=1S/C12H7N2OS/c1-2-4-9(5-3-1)10-6-12(15-14-10)11-7-16-8-13-11/h1-7H. The minimum atomic E-state index is 0.677. The number of rotatable bonds is 2. The highest BCUT2D eigenvalue weighted by molar-refractivity contribution is 7.07. The Morgan fingerprint density at radius 1 is 1.12 bits per heavy atom. The van der Waals surface area contributed by atoms with Crippen LogP contribution in [0.3, 0.4) is 0 Å². The van der Waals surface area contributed by atoms with E-state index in [9.17, 15) is 0 Å². The fraction of sp³-hybridized carbons (Fsp3) is 0. The van der Waals surface area contributed by atoms with Gasteiger partial charge in [-0.05, 0) is 0 Å². The molecule has 2 aromatic heterocycles. The van der Waals surface area contributed by atoms with Crippen molar-refractivity contribution >= 4 is 11.3 Å². The highest BCUT2D eigenvalue weighted by Gasteiger charge is 2.09. The van der Waals surface area contributed by atoms with Crippen molar-refractivity contribution in [1.29, 1.82) is 0 Å². The second-order valence-electron chi connectivity index (χ2n) is 3.27. The lowest BCUT2D eigenvalue weighted by Crippen LogP contribution is -1.73. The summed E-state index contributed by atoms with van der Waals surface area (Å²) in [6.45, 7) is 0. The first-order chi connectivity index (χ1) is 7.93. The van der Waals surface area contributed by atoms with Gasteiger partial charge in [0.2, 0.25) is 0 Å². The van der Waals surface area contributed by atoms with Gasteiger partial charge in [-0.15, -0.1) is 11.3 Å². The molecule has 0 aliphatic carbocycles. The molecule has 3 aromatic rings. The molecule has 1 aromatic carbocycles. The predicted octanol–water partition coefficient (Wildman–Crippen LogP) is 3.27. The van der Waals surface area contributed by atoms with Gasteiger partial charge < -0.3 is 4.52 Å². The fourth-order valence-electron chi connectivity index (χ4n) is 1.44. The predicted molar refractivity (Wildman–Crippen MR) is 61.9 cm³/mol. The van der Waals surface area contributed by atoms with Gasteiger partial charge in [0.1, 0.15) is 11.4 Å². The molecule has 4 heteroatoms. The van der Waals surface area contributed by atoms with Crippen LogP contribution in [-0.2, 0) is 0 Å². The molecule has 2 heterocycles. The van der Waals surface area contributed by atoms with Gasteiger partial charge in [-0.25, -0.2) is 4.98 Å². The van der Waals surface area contributed by atoms with Crippen molar-refractivity contribution in [3.05, 3.63) is 47.3 Å². The van der Waals surface area contributed by atoms with Crippen LogP contribution in [0.2, 0.25) is 0 Å². The number of hydrogen-bond donors (Lipinski definition) is 0. The van der Waals surface area contributed by atoms with E-state index < -0.39 is 0 Å². The summed E-state index contributed by atoms with van der Waals surface area (Å²) in [7, 11) is 0. The average Bonchev–Trinajstić information content (AvgIpc) is 3.01. The van der Waals surface area contributed by atoms with E-state index in [-0.39, 0.29) is 0 Å². The highest BCUT2D eigenvalue weighted by atomic mass is 32.1. The van der Waals surface area contributed by atoms with Gasteiger partial charge >= 0.3 is 0 Å². The quantitative estimate of drug-likeness (QED) is 0.674. The topological polar surface area (TPSA) is 38.9 Å². The first kappa shape index (κ1) is 9.30.